The van der Waals surface area contributed by atoms with Gasteiger partial charge < -0.3 is 14.4 Å². The number of likely N-dealkylation sites (tertiary alicyclic amines) is 1. The fourth-order valence-electron chi connectivity index (χ4n) is 3.77. The Morgan fingerprint density at radius 3 is 2.79 bits per heavy atom. The normalized spacial score (nSPS) is 18.0. The number of carbonyl (C=O) groups is 1. The Morgan fingerprint density at radius 2 is 2.11 bits per heavy atom. The van der Waals surface area contributed by atoms with Gasteiger partial charge in [0.05, 0.1) is 16.7 Å². The lowest BCUT2D eigenvalue weighted by molar-refractivity contribution is -0.140. The van der Waals surface area contributed by atoms with Crippen LogP contribution in [-0.2, 0) is 6.18 Å². The highest BCUT2D eigenvalue weighted by molar-refractivity contribution is 5.96. The number of hydrogen-bond donors (Lipinski definition) is 1. The Kier molecular flexibility index (Phi) is 4.40. The first-order valence-corrected chi connectivity index (χ1v) is 9.03. The highest BCUT2D eigenvalue weighted by Crippen LogP contribution is 2.32. The second kappa shape index (κ2) is 6.65. The second-order valence-electron chi connectivity index (χ2n) is 7.14. The van der Waals surface area contributed by atoms with Gasteiger partial charge in [0.1, 0.15) is 17.0 Å². The molecule has 0 aliphatic carbocycles. The van der Waals surface area contributed by atoms with Crippen molar-refractivity contribution in [1.82, 2.24) is 20.0 Å². The number of hydrogen-bond acceptors (Lipinski definition) is 4. The Bertz CT molecular complexity index is 1020. The van der Waals surface area contributed by atoms with E-state index in [2.05, 4.69) is 15.1 Å². The van der Waals surface area contributed by atoms with Crippen molar-refractivity contribution in [2.24, 2.45) is 0 Å². The summed E-state index contributed by atoms with van der Waals surface area (Å²) < 4.78 is 43.8. The molecule has 1 aliphatic heterocycles. The van der Waals surface area contributed by atoms with Crippen LogP contribution in [0.4, 0.5) is 13.2 Å². The minimum atomic E-state index is -4.48. The number of piperidine rings is 1. The summed E-state index contributed by atoms with van der Waals surface area (Å²) in [5.41, 5.74) is 1.74. The molecule has 148 valence electrons. The Morgan fingerprint density at radius 1 is 1.32 bits per heavy atom. The number of aryl methyl sites for hydroxylation is 2. The van der Waals surface area contributed by atoms with Gasteiger partial charge in [0.15, 0.2) is 0 Å². The van der Waals surface area contributed by atoms with Crippen LogP contribution in [0.2, 0.25) is 0 Å². The van der Waals surface area contributed by atoms with Crippen molar-refractivity contribution in [1.29, 1.82) is 0 Å². The number of aromatic amines is 1. The van der Waals surface area contributed by atoms with Gasteiger partial charge in [-0.05, 0) is 44.9 Å². The average Bonchev–Trinajstić information content (AvgIpc) is 3.23. The number of carbonyl (C=O) groups excluding carboxylic acids is 1. The molecule has 1 aliphatic rings. The topological polar surface area (TPSA) is 75.0 Å². The largest absolute Gasteiger partial charge is 0.433 e. The van der Waals surface area contributed by atoms with E-state index in [-0.39, 0.29) is 17.3 Å². The summed E-state index contributed by atoms with van der Waals surface area (Å²) in [4.78, 5) is 21.5. The minimum absolute atomic E-state index is 0.00158. The van der Waals surface area contributed by atoms with Crippen molar-refractivity contribution in [3.8, 4) is 0 Å². The molecule has 0 bridgehead atoms. The summed E-state index contributed by atoms with van der Waals surface area (Å²) in [7, 11) is 0. The Hall–Kier alpha value is -2.84. The molecular formula is C19H19F3N4O2. The first-order chi connectivity index (χ1) is 13.2. The lowest BCUT2D eigenvalue weighted by atomic mass is 9.94. The van der Waals surface area contributed by atoms with Crippen molar-refractivity contribution in [3.63, 3.8) is 0 Å². The summed E-state index contributed by atoms with van der Waals surface area (Å²) >= 11 is 0. The SMILES string of the molecule is Cc1noc(C)c1C(=O)N1CCCC(c2cc3nc(C(F)(F)F)ccc3[nH]2)C1. The van der Waals surface area contributed by atoms with E-state index < -0.39 is 11.9 Å². The molecule has 3 aromatic rings. The van der Waals surface area contributed by atoms with Crippen LogP contribution in [0.25, 0.3) is 11.0 Å². The molecule has 9 heteroatoms. The predicted octanol–water partition coefficient (Wildman–Crippen LogP) is 4.21. The highest BCUT2D eigenvalue weighted by Gasteiger charge is 2.33. The summed E-state index contributed by atoms with van der Waals surface area (Å²) in [6.07, 6.45) is -2.84. The number of alkyl halides is 3. The highest BCUT2D eigenvalue weighted by atomic mass is 19.4. The lowest BCUT2D eigenvalue weighted by Gasteiger charge is -2.32. The number of pyridine rings is 1. The van der Waals surface area contributed by atoms with Gasteiger partial charge in [-0.15, -0.1) is 0 Å². The quantitative estimate of drug-likeness (QED) is 0.709. The van der Waals surface area contributed by atoms with Crippen LogP contribution in [-0.4, -0.2) is 39.0 Å². The maximum Gasteiger partial charge on any atom is 0.433 e. The Labute approximate surface area is 158 Å². The molecule has 0 spiro atoms. The summed E-state index contributed by atoms with van der Waals surface area (Å²) in [6, 6.07) is 4.01. The van der Waals surface area contributed by atoms with Gasteiger partial charge in [0.25, 0.3) is 5.91 Å². The van der Waals surface area contributed by atoms with Crippen LogP contribution in [0.3, 0.4) is 0 Å². The molecule has 4 heterocycles. The molecule has 4 rings (SSSR count). The number of aromatic nitrogens is 3. The molecule has 1 amide bonds. The number of fused-ring (bicyclic) bond motifs is 1. The van der Waals surface area contributed by atoms with Crippen molar-refractivity contribution < 1.29 is 22.5 Å². The fraction of sp³-hybridized carbons (Fsp3) is 0.421. The van der Waals surface area contributed by atoms with E-state index in [1.165, 1.54) is 6.07 Å². The molecule has 1 saturated heterocycles. The smallest absolute Gasteiger partial charge is 0.361 e. The third-order valence-electron chi connectivity index (χ3n) is 5.18. The van der Waals surface area contributed by atoms with Crippen molar-refractivity contribution in [3.05, 3.63) is 46.6 Å². The zero-order chi connectivity index (χ0) is 20.1. The van der Waals surface area contributed by atoms with Gasteiger partial charge in [-0.3, -0.25) is 4.79 Å². The predicted molar refractivity (Wildman–Crippen MR) is 95.0 cm³/mol. The van der Waals surface area contributed by atoms with E-state index in [4.69, 9.17) is 4.52 Å². The van der Waals surface area contributed by atoms with Crippen LogP contribution in [0.15, 0.2) is 22.7 Å². The Balaban J connectivity index is 1.58. The third-order valence-corrected chi connectivity index (χ3v) is 5.18. The molecule has 0 aromatic carbocycles. The molecule has 1 atom stereocenters. The molecule has 1 unspecified atom stereocenters. The number of nitrogens with one attached hydrogen (secondary N) is 1. The van der Waals surface area contributed by atoms with E-state index in [1.54, 1.807) is 24.8 Å². The summed E-state index contributed by atoms with van der Waals surface area (Å²) in [5, 5.41) is 3.84. The third kappa shape index (κ3) is 3.25. The second-order valence-corrected chi connectivity index (χ2v) is 7.14. The van der Waals surface area contributed by atoms with Gasteiger partial charge in [-0.1, -0.05) is 5.16 Å². The number of halogens is 3. The molecule has 28 heavy (non-hydrogen) atoms. The lowest BCUT2D eigenvalue weighted by Crippen LogP contribution is -2.39. The van der Waals surface area contributed by atoms with Crippen molar-refractivity contribution in [2.75, 3.05) is 13.1 Å². The van der Waals surface area contributed by atoms with Gasteiger partial charge in [-0.2, -0.15) is 13.2 Å². The van der Waals surface area contributed by atoms with Crippen LogP contribution in [0, 0.1) is 13.8 Å². The van der Waals surface area contributed by atoms with Gasteiger partial charge in [0.2, 0.25) is 0 Å². The maximum absolute atomic E-state index is 12.9. The van der Waals surface area contributed by atoms with E-state index >= 15 is 0 Å². The van der Waals surface area contributed by atoms with Crippen LogP contribution >= 0.6 is 0 Å². The number of H-pyrrole nitrogens is 1. The van der Waals surface area contributed by atoms with E-state index in [0.29, 0.717) is 35.6 Å². The molecule has 3 aromatic heterocycles. The van der Waals surface area contributed by atoms with E-state index in [0.717, 1.165) is 24.6 Å². The zero-order valence-corrected chi connectivity index (χ0v) is 15.4. The van der Waals surface area contributed by atoms with Crippen LogP contribution in [0.1, 0.15) is 52.0 Å². The van der Waals surface area contributed by atoms with Gasteiger partial charge >= 0.3 is 6.18 Å². The van der Waals surface area contributed by atoms with Crippen molar-refractivity contribution >= 4 is 16.9 Å². The number of nitrogens with zero attached hydrogens (tertiary/aromatic N) is 3. The number of amides is 1. The molecule has 1 N–H and O–H groups in total. The van der Waals surface area contributed by atoms with E-state index in [1.807, 2.05) is 0 Å². The number of rotatable bonds is 2. The summed E-state index contributed by atoms with van der Waals surface area (Å²) in [6.45, 7) is 4.53. The fourth-order valence-corrected chi connectivity index (χ4v) is 3.77. The molecule has 1 fully saturated rings. The molecule has 6 nitrogen and oxygen atoms in total. The first kappa shape index (κ1) is 18.5. The maximum atomic E-state index is 12.9. The van der Waals surface area contributed by atoms with Crippen molar-refractivity contribution in [2.45, 2.75) is 38.8 Å². The van der Waals surface area contributed by atoms with Gasteiger partial charge in [0, 0.05) is 24.7 Å². The van der Waals surface area contributed by atoms with E-state index in [9.17, 15) is 18.0 Å². The first-order valence-electron chi connectivity index (χ1n) is 9.03. The van der Waals surface area contributed by atoms with Gasteiger partial charge in [-0.25, -0.2) is 4.98 Å². The average molecular weight is 392 g/mol. The molecule has 0 radical (unpaired) electrons. The summed E-state index contributed by atoms with van der Waals surface area (Å²) in [5.74, 6) is 0.357. The molecule has 0 saturated carbocycles. The van der Waals surface area contributed by atoms with Crippen LogP contribution in [0.5, 0.6) is 0 Å². The van der Waals surface area contributed by atoms with Crippen LogP contribution < -0.4 is 0 Å². The standard InChI is InChI=1S/C19H19F3N4O2/c1-10-17(11(2)28-25-10)18(27)26-7-3-4-12(9-26)14-8-15-13(23-14)5-6-16(24-15)19(20,21)22/h5-6,8,12,23H,3-4,7,9H2,1-2H3. The monoisotopic (exact) mass is 392 g/mol. The molecular weight excluding hydrogens is 373 g/mol. The minimum Gasteiger partial charge on any atom is -0.361 e. The zero-order valence-electron chi connectivity index (χ0n) is 15.4.